The Hall–Kier alpha value is -2.56. The average Bonchev–Trinajstić information content (AvgIpc) is 2.49. The van der Waals surface area contributed by atoms with E-state index in [1.54, 1.807) is 12.3 Å². The predicted molar refractivity (Wildman–Crippen MR) is 83.3 cm³/mol. The molecule has 1 heterocycles. The summed E-state index contributed by atoms with van der Waals surface area (Å²) in [4.78, 5) is 17.8. The Morgan fingerprint density at radius 2 is 1.95 bits per heavy atom. The molecule has 0 fully saturated rings. The number of nitrogens with zero attached hydrogens (tertiary/aromatic N) is 2. The fraction of sp³-hybridized carbons (Fsp3) is 0.250. The van der Waals surface area contributed by atoms with Crippen LogP contribution in [0, 0.1) is 6.92 Å². The van der Waals surface area contributed by atoms with Crippen LogP contribution in [0.3, 0.4) is 0 Å². The van der Waals surface area contributed by atoms with Crippen molar-refractivity contribution < 1.29 is 9.53 Å². The number of hydrogen-bond donors (Lipinski definition) is 1. The van der Waals surface area contributed by atoms with Crippen molar-refractivity contribution >= 4 is 17.5 Å². The van der Waals surface area contributed by atoms with Crippen molar-refractivity contribution in [2.24, 2.45) is 0 Å². The number of carbonyl (C=O) groups excluding carboxylic acids is 1. The lowest BCUT2D eigenvalue weighted by molar-refractivity contribution is 0.0602. The summed E-state index contributed by atoms with van der Waals surface area (Å²) in [7, 11) is 3.22. The maximum atomic E-state index is 11.7. The molecule has 0 aliphatic rings. The Labute approximate surface area is 124 Å². The number of aryl methyl sites for hydroxylation is 1. The van der Waals surface area contributed by atoms with Gasteiger partial charge in [-0.05, 0) is 18.6 Å². The molecule has 0 saturated carbocycles. The molecule has 5 heteroatoms. The minimum absolute atomic E-state index is 0.332. The number of nitrogens with two attached hydrogens (primary N) is 1. The van der Waals surface area contributed by atoms with Gasteiger partial charge in [-0.3, -0.25) is 0 Å². The van der Waals surface area contributed by atoms with Gasteiger partial charge in [0.25, 0.3) is 0 Å². The molecular weight excluding hydrogens is 266 g/mol. The summed E-state index contributed by atoms with van der Waals surface area (Å²) in [6, 6.07) is 9.80. The Balaban J connectivity index is 2.25. The zero-order valence-electron chi connectivity index (χ0n) is 12.5. The Kier molecular flexibility index (Phi) is 4.42. The van der Waals surface area contributed by atoms with E-state index in [0.29, 0.717) is 23.6 Å². The quantitative estimate of drug-likeness (QED) is 0.874. The molecule has 5 nitrogen and oxygen atoms in total. The van der Waals surface area contributed by atoms with Crippen LogP contribution in [-0.4, -0.2) is 25.1 Å². The Bertz CT molecular complexity index is 638. The lowest BCUT2D eigenvalue weighted by atomic mass is 10.1. The fourth-order valence-corrected chi connectivity index (χ4v) is 2.10. The summed E-state index contributed by atoms with van der Waals surface area (Å²) in [5, 5.41) is 0. The molecule has 0 atom stereocenters. The molecule has 2 aromatic rings. The monoisotopic (exact) mass is 285 g/mol. The molecule has 21 heavy (non-hydrogen) atoms. The minimum Gasteiger partial charge on any atom is -0.465 e. The lowest BCUT2D eigenvalue weighted by Gasteiger charge is -2.21. The van der Waals surface area contributed by atoms with Gasteiger partial charge in [-0.15, -0.1) is 0 Å². The zero-order chi connectivity index (χ0) is 15.4. The van der Waals surface area contributed by atoms with Gasteiger partial charge in [0.05, 0.1) is 18.4 Å². The van der Waals surface area contributed by atoms with Gasteiger partial charge in [0.1, 0.15) is 0 Å². The summed E-state index contributed by atoms with van der Waals surface area (Å²) in [6.45, 7) is 2.70. The largest absolute Gasteiger partial charge is 0.465 e. The molecule has 0 aliphatic heterocycles. The van der Waals surface area contributed by atoms with Gasteiger partial charge < -0.3 is 15.4 Å². The number of esters is 1. The van der Waals surface area contributed by atoms with Crippen molar-refractivity contribution in [2.45, 2.75) is 13.5 Å². The highest BCUT2D eigenvalue weighted by Gasteiger charge is 2.16. The number of nitrogen functional groups attached to an aromatic ring is 1. The SMILES string of the molecule is COC(=O)c1ccnc(N(C)Cc2ccc(C)cc2)c1N. The average molecular weight is 285 g/mol. The van der Waals surface area contributed by atoms with Crippen molar-refractivity contribution in [1.82, 2.24) is 4.98 Å². The van der Waals surface area contributed by atoms with E-state index in [-0.39, 0.29) is 0 Å². The highest BCUT2D eigenvalue weighted by atomic mass is 16.5. The van der Waals surface area contributed by atoms with Gasteiger partial charge >= 0.3 is 5.97 Å². The molecule has 2 N–H and O–H groups in total. The van der Waals surface area contributed by atoms with Gasteiger partial charge in [-0.2, -0.15) is 0 Å². The fourth-order valence-electron chi connectivity index (χ4n) is 2.10. The van der Waals surface area contributed by atoms with Crippen LogP contribution in [0.4, 0.5) is 11.5 Å². The van der Waals surface area contributed by atoms with E-state index in [4.69, 9.17) is 10.5 Å². The van der Waals surface area contributed by atoms with E-state index >= 15 is 0 Å². The standard InChI is InChI=1S/C16H19N3O2/c1-11-4-6-12(7-5-11)10-19(2)15-14(17)13(8-9-18-15)16(20)21-3/h4-9H,10,17H2,1-3H3. The smallest absolute Gasteiger partial charge is 0.340 e. The van der Waals surface area contributed by atoms with E-state index in [1.165, 1.54) is 12.7 Å². The van der Waals surface area contributed by atoms with Crippen molar-refractivity contribution in [3.05, 3.63) is 53.2 Å². The molecule has 1 aromatic carbocycles. The summed E-state index contributed by atoms with van der Waals surface area (Å²) in [5.74, 6) is 0.110. The highest BCUT2D eigenvalue weighted by Crippen LogP contribution is 2.24. The maximum absolute atomic E-state index is 11.7. The van der Waals surface area contributed by atoms with Crippen LogP contribution in [0.5, 0.6) is 0 Å². The van der Waals surface area contributed by atoms with Crippen LogP contribution >= 0.6 is 0 Å². The van der Waals surface area contributed by atoms with E-state index in [1.807, 2.05) is 18.9 Å². The van der Waals surface area contributed by atoms with Crippen LogP contribution in [0.25, 0.3) is 0 Å². The first kappa shape index (κ1) is 14.8. The Morgan fingerprint density at radius 1 is 1.29 bits per heavy atom. The molecule has 0 amide bonds. The second kappa shape index (κ2) is 6.26. The molecule has 110 valence electrons. The van der Waals surface area contributed by atoms with Crippen molar-refractivity contribution in [3.63, 3.8) is 0 Å². The van der Waals surface area contributed by atoms with Gasteiger partial charge in [-0.1, -0.05) is 29.8 Å². The number of anilines is 2. The number of carbonyl (C=O) groups is 1. The molecule has 0 saturated heterocycles. The second-order valence-electron chi connectivity index (χ2n) is 4.93. The normalized spacial score (nSPS) is 10.2. The number of rotatable bonds is 4. The van der Waals surface area contributed by atoms with Crippen LogP contribution in [0.1, 0.15) is 21.5 Å². The van der Waals surface area contributed by atoms with E-state index in [0.717, 1.165) is 5.56 Å². The number of ether oxygens (including phenoxy) is 1. The molecular formula is C16H19N3O2. The summed E-state index contributed by atoms with van der Waals surface area (Å²) < 4.78 is 4.72. The number of methoxy groups -OCH3 is 1. The number of pyridine rings is 1. The summed E-state index contributed by atoms with van der Waals surface area (Å²) >= 11 is 0. The maximum Gasteiger partial charge on any atom is 0.340 e. The molecule has 0 spiro atoms. The predicted octanol–water partition coefficient (Wildman–Crippen LogP) is 2.40. The van der Waals surface area contributed by atoms with Gasteiger partial charge in [-0.25, -0.2) is 9.78 Å². The van der Waals surface area contributed by atoms with Crippen molar-refractivity contribution in [2.75, 3.05) is 24.8 Å². The molecule has 1 aromatic heterocycles. The van der Waals surface area contributed by atoms with E-state index in [2.05, 4.69) is 29.2 Å². The Morgan fingerprint density at radius 3 is 2.57 bits per heavy atom. The van der Waals surface area contributed by atoms with Gasteiger partial charge in [0, 0.05) is 19.8 Å². The first-order valence-electron chi connectivity index (χ1n) is 6.62. The molecule has 0 bridgehead atoms. The van der Waals surface area contributed by atoms with Crippen LogP contribution < -0.4 is 10.6 Å². The zero-order valence-corrected chi connectivity index (χ0v) is 12.5. The summed E-state index contributed by atoms with van der Waals surface area (Å²) in [5.41, 5.74) is 9.06. The van der Waals surface area contributed by atoms with Gasteiger partial charge in [0.15, 0.2) is 5.82 Å². The number of benzene rings is 1. The molecule has 0 aliphatic carbocycles. The summed E-state index contributed by atoms with van der Waals surface area (Å²) in [6.07, 6.45) is 1.56. The molecule has 2 rings (SSSR count). The van der Waals surface area contributed by atoms with Crippen LogP contribution in [-0.2, 0) is 11.3 Å². The topological polar surface area (TPSA) is 68.5 Å². The highest BCUT2D eigenvalue weighted by molar-refractivity contribution is 5.97. The third-order valence-corrected chi connectivity index (χ3v) is 3.28. The number of hydrogen-bond acceptors (Lipinski definition) is 5. The van der Waals surface area contributed by atoms with Crippen LogP contribution in [0.15, 0.2) is 36.5 Å². The molecule has 0 unspecified atom stereocenters. The molecule has 0 radical (unpaired) electrons. The van der Waals surface area contributed by atoms with E-state index in [9.17, 15) is 4.79 Å². The minimum atomic E-state index is -0.458. The third kappa shape index (κ3) is 3.31. The van der Waals surface area contributed by atoms with Crippen molar-refractivity contribution in [1.29, 1.82) is 0 Å². The third-order valence-electron chi connectivity index (χ3n) is 3.28. The number of aromatic nitrogens is 1. The second-order valence-corrected chi connectivity index (χ2v) is 4.93. The van der Waals surface area contributed by atoms with Crippen LogP contribution in [0.2, 0.25) is 0 Å². The van der Waals surface area contributed by atoms with Crippen molar-refractivity contribution in [3.8, 4) is 0 Å². The lowest BCUT2D eigenvalue weighted by Crippen LogP contribution is -2.20. The van der Waals surface area contributed by atoms with Gasteiger partial charge in [0.2, 0.25) is 0 Å². The van der Waals surface area contributed by atoms with E-state index < -0.39 is 5.97 Å². The first-order chi connectivity index (χ1) is 10.0. The first-order valence-corrected chi connectivity index (χ1v) is 6.62.